The van der Waals surface area contributed by atoms with Gasteiger partial charge in [-0.05, 0) is 52.0 Å². The number of piperidine rings is 1. The summed E-state index contributed by atoms with van der Waals surface area (Å²) in [5, 5.41) is 10.9. The van der Waals surface area contributed by atoms with Gasteiger partial charge >= 0.3 is 0 Å². The van der Waals surface area contributed by atoms with Crippen LogP contribution >= 0.6 is 11.3 Å². The first kappa shape index (κ1) is 16.5. The van der Waals surface area contributed by atoms with Gasteiger partial charge in [0, 0.05) is 35.3 Å². The van der Waals surface area contributed by atoms with Gasteiger partial charge in [0.1, 0.15) is 0 Å². The van der Waals surface area contributed by atoms with Crippen LogP contribution in [0.2, 0.25) is 0 Å². The van der Waals surface area contributed by atoms with E-state index in [2.05, 4.69) is 47.2 Å². The van der Waals surface area contributed by atoms with Crippen LogP contribution in [0, 0.1) is 17.8 Å². The van der Waals surface area contributed by atoms with Crippen LogP contribution in [-0.2, 0) is 6.54 Å². The monoisotopic (exact) mass is 306 g/mol. The minimum atomic E-state index is 0.145. The van der Waals surface area contributed by atoms with Gasteiger partial charge in [0.15, 0.2) is 0 Å². The van der Waals surface area contributed by atoms with Crippen molar-refractivity contribution in [1.29, 1.82) is 0 Å². The molecule has 0 radical (unpaired) electrons. The molecule has 0 spiro atoms. The highest BCUT2D eigenvalue weighted by Crippen LogP contribution is 2.22. The van der Waals surface area contributed by atoms with Crippen molar-refractivity contribution in [2.75, 3.05) is 40.3 Å². The number of nitrogens with zero attached hydrogens (tertiary/aromatic N) is 2. The molecule has 1 aliphatic heterocycles. The second kappa shape index (κ2) is 8.55. The Balaban J connectivity index is 1.77. The van der Waals surface area contributed by atoms with Crippen molar-refractivity contribution >= 4 is 11.3 Å². The quantitative estimate of drug-likeness (QED) is 0.845. The Morgan fingerprint density at radius 1 is 1.38 bits per heavy atom. The van der Waals surface area contributed by atoms with E-state index in [1.807, 2.05) is 0 Å². The number of aliphatic hydroxyl groups is 1. The highest BCUT2D eigenvalue weighted by atomic mass is 32.1. The summed E-state index contributed by atoms with van der Waals surface area (Å²) in [5.41, 5.74) is 1.09. The van der Waals surface area contributed by atoms with Gasteiger partial charge in [-0.2, -0.15) is 0 Å². The van der Waals surface area contributed by atoms with Crippen molar-refractivity contribution in [3.63, 3.8) is 0 Å². The first-order valence-corrected chi connectivity index (χ1v) is 8.59. The molecule has 2 heterocycles. The van der Waals surface area contributed by atoms with Gasteiger partial charge in [-0.1, -0.05) is 11.8 Å². The SMILES string of the molecule is CN(C)CC1CCN(Cc2cc(C#CCCO)cs2)CC1. The number of aliphatic hydroxyl groups excluding tert-OH is 1. The molecule has 0 unspecified atom stereocenters. The fraction of sp³-hybridized carbons (Fsp3) is 0.647. The van der Waals surface area contributed by atoms with Gasteiger partial charge in [0.05, 0.1) is 6.61 Å². The minimum absolute atomic E-state index is 0.145. The number of hydrogen-bond acceptors (Lipinski definition) is 4. The predicted octanol–water partition coefficient (Wildman–Crippen LogP) is 2.26. The molecule has 1 aromatic rings. The molecule has 1 saturated heterocycles. The summed E-state index contributed by atoms with van der Waals surface area (Å²) >= 11 is 1.80. The summed E-state index contributed by atoms with van der Waals surface area (Å²) < 4.78 is 0. The number of rotatable bonds is 5. The van der Waals surface area contributed by atoms with Crippen molar-refractivity contribution < 1.29 is 5.11 Å². The normalized spacial score (nSPS) is 17.0. The lowest BCUT2D eigenvalue weighted by molar-refractivity contribution is 0.158. The molecule has 21 heavy (non-hydrogen) atoms. The summed E-state index contributed by atoms with van der Waals surface area (Å²) in [5.74, 6) is 6.95. The third-order valence-corrected chi connectivity index (χ3v) is 4.75. The molecule has 116 valence electrons. The highest BCUT2D eigenvalue weighted by Gasteiger charge is 2.19. The molecule has 0 saturated carbocycles. The first-order chi connectivity index (χ1) is 10.2. The molecule has 1 aromatic heterocycles. The van der Waals surface area contributed by atoms with E-state index in [0.717, 1.165) is 18.0 Å². The van der Waals surface area contributed by atoms with Crippen LogP contribution in [0.3, 0.4) is 0 Å². The summed E-state index contributed by atoms with van der Waals surface area (Å²) in [6.45, 7) is 4.84. The maximum Gasteiger partial charge on any atom is 0.0540 e. The summed E-state index contributed by atoms with van der Waals surface area (Å²) in [4.78, 5) is 6.26. The molecule has 0 atom stereocenters. The lowest BCUT2D eigenvalue weighted by atomic mass is 9.96. The smallest absolute Gasteiger partial charge is 0.0540 e. The standard InChI is InChI=1S/C17H26N2OS/c1-18(2)12-15-6-8-19(9-7-15)13-17-11-16(14-21-17)5-3-4-10-20/h11,14-15,20H,4,6-10,12-13H2,1-2H3. The molecular weight excluding hydrogens is 280 g/mol. The Morgan fingerprint density at radius 2 is 2.14 bits per heavy atom. The number of likely N-dealkylation sites (tertiary alicyclic amines) is 1. The largest absolute Gasteiger partial charge is 0.395 e. The Kier molecular flexibility index (Phi) is 6.72. The topological polar surface area (TPSA) is 26.7 Å². The van der Waals surface area contributed by atoms with Gasteiger partial charge in [-0.3, -0.25) is 4.90 Å². The molecule has 0 amide bonds. The third-order valence-electron chi connectivity index (χ3n) is 3.83. The Morgan fingerprint density at radius 3 is 2.81 bits per heavy atom. The minimum Gasteiger partial charge on any atom is -0.395 e. The molecule has 4 heteroatoms. The van der Waals surface area contributed by atoms with Crippen LogP contribution in [0.25, 0.3) is 0 Å². The molecule has 1 N–H and O–H groups in total. The average Bonchev–Trinajstić information content (AvgIpc) is 2.88. The van der Waals surface area contributed by atoms with Crippen LogP contribution in [0.5, 0.6) is 0 Å². The lowest BCUT2D eigenvalue weighted by Crippen LogP contribution is -2.36. The Hall–Kier alpha value is -0.860. The van der Waals surface area contributed by atoms with Crippen molar-refractivity contribution in [2.45, 2.75) is 25.8 Å². The van der Waals surface area contributed by atoms with Crippen LogP contribution < -0.4 is 0 Å². The fourth-order valence-electron chi connectivity index (χ4n) is 2.81. The fourth-order valence-corrected chi connectivity index (χ4v) is 3.67. The molecule has 1 aliphatic rings. The van der Waals surface area contributed by atoms with Crippen LogP contribution in [0.15, 0.2) is 11.4 Å². The van der Waals surface area contributed by atoms with Crippen molar-refractivity contribution in [3.05, 3.63) is 21.9 Å². The van der Waals surface area contributed by atoms with Crippen LogP contribution in [-0.4, -0.2) is 55.2 Å². The van der Waals surface area contributed by atoms with Gasteiger partial charge in [-0.15, -0.1) is 11.3 Å². The number of hydrogen-bond donors (Lipinski definition) is 1. The van der Waals surface area contributed by atoms with Crippen molar-refractivity contribution in [1.82, 2.24) is 9.80 Å². The van der Waals surface area contributed by atoms with E-state index in [9.17, 15) is 0 Å². The average molecular weight is 306 g/mol. The molecule has 0 bridgehead atoms. The molecule has 2 rings (SSSR count). The maximum atomic E-state index is 8.73. The van der Waals surface area contributed by atoms with Crippen LogP contribution in [0.1, 0.15) is 29.7 Å². The van der Waals surface area contributed by atoms with E-state index in [0.29, 0.717) is 6.42 Å². The van der Waals surface area contributed by atoms with Gasteiger partial charge < -0.3 is 10.0 Å². The molecule has 1 fully saturated rings. The Labute approximate surface area is 132 Å². The lowest BCUT2D eigenvalue weighted by Gasteiger charge is -2.32. The Bertz CT molecular complexity index is 478. The summed E-state index contributed by atoms with van der Waals surface area (Å²) in [6, 6.07) is 2.20. The molecule has 3 nitrogen and oxygen atoms in total. The zero-order chi connectivity index (χ0) is 15.1. The van der Waals surface area contributed by atoms with E-state index >= 15 is 0 Å². The summed E-state index contributed by atoms with van der Waals surface area (Å²) in [6.07, 6.45) is 3.18. The van der Waals surface area contributed by atoms with Gasteiger partial charge in [0.2, 0.25) is 0 Å². The van der Waals surface area contributed by atoms with E-state index < -0.39 is 0 Å². The van der Waals surface area contributed by atoms with Gasteiger partial charge in [0.25, 0.3) is 0 Å². The second-order valence-corrected chi connectivity index (χ2v) is 7.05. The zero-order valence-corrected chi connectivity index (χ0v) is 14.0. The van der Waals surface area contributed by atoms with Crippen LogP contribution in [0.4, 0.5) is 0 Å². The molecular formula is C17H26N2OS. The van der Waals surface area contributed by atoms with E-state index in [1.54, 1.807) is 11.3 Å². The zero-order valence-electron chi connectivity index (χ0n) is 13.1. The van der Waals surface area contributed by atoms with E-state index in [4.69, 9.17) is 5.11 Å². The maximum absolute atomic E-state index is 8.73. The predicted molar refractivity (Wildman–Crippen MR) is 89.5 cm³/mol. The third kappa shape index (κ3) is 5.80. The summed E-state index contributed by atoms with van der Waals surface area (Å²) in [7, 11) is 4.33. The van der Waals surface area contributed by atoms with E-state index in [1.165, 1.54) is 37.4 Å². The second-order valence-electron chi connectivity index (χ2n) is 6.06. The molecule has 0 aromatic carbocycles. The van der Waals surface area contributed by atoms with E-state index in [-0.39, 0.29) is 6.61 Å². The van der Waals surface area contributed by atoms with Gasteiger partial charge in [-0.25, -0.2) is 0 Å². The number of thiophene rings is 1. The van der Waals surface area contributed by atoms with Crippen molar-refractivity contribution in [3.8, 4) is 11.8 Å². The molecule has 0 aliphatic carbocycles. The van der Waals surface area contributed by atoms with Crippen molar-refractivity contribution in [2.24, 2.45) is 5.92 Å². The highest BCUT2D eigenvalue weighted by molar-refractivity contribution is 7.10. The first-order valence-electron chi connectivity index (χ1n) is 7.71.